The van der Waals surface area contributed by atoms with Crippen molar-refractivity contribution in [2.24, 2.45) is 16.6 Å². The number of halogens is 1. The molecule has 14 heteroatoms. The summed E-state index contributed by atoms with van der Waals surface area (Å²) < 4.78 is 18.3. The molecule has 0 unspecified atom stereocenters. The number of ketones is 2. The third kappa shape index (κ3) is 3.95. The zero-order valence-corrected chi connectivity index (χ0v) is 24.9. The van der Waals surface area contributed by atoms with Crippen LogP contribution in [0.3, 0.4) is 0 Å². The van der Waals surface area contributed by atoms with Gasteiger partial charge in [0.1, 0.15) is 34.4 Å². The molecule has 8 N–H and O–H groups in total. The summed E-state index contributed by atoms with van der Waals surface area (Å²) in [6.45, 7) is 4.25. The number of aliphatic hydroxyl groups is 4. The summed E-state index contributed by atoms with van der Waals surface area (Å²) in [5.41, 5.74) is -3.66. The topological polar surface area (TPSA) is 220 Å². The molecule has 0 radical (unpaired) electrons. The number of hydrogen-bond acceptors (Lipinski definition) is 11. The molecule has 0 aromatic heterocycles. The van der Waals surface area contributed by atoms with Crippen LogP contribution in [0.1, 0.15) is 37.8 Å². The van der Waals surface area contributed by atoms with E-state index in [1.54, 1.807) is 6.92 Å². The van der Waals surface area contributed by atoms with E-state index in [0.29, 0.717) is 0 Å². The number of benzene rings is 2. The molecule has 0 spiro atoms. The van der Waals surface area contributed by atoms with E-state index in [1.165, 1.54) is 57.1 Å². The Morgan fingerprint density at radius 1 is 1.04 bits per heavy atom. The predicted octanol–water partition coefficient (Wildman–Crippen LogP) is 2.03. The van der Waals surface area contributed by atoms with Crippen LogP contribution in [-0.2, 0) is 14.4 Å². The van der Waals surface area contributed by atoms with Gasteiger partial charge < -0.3 is 36.0 Å². The first-order valence-electron chi connectivity index (χ1n) is 13.8. The highest BCUT2D eigenvalue weighted by Gasteiger charge is 2.77. The van der Waals surface area contributed by atoms with Gasteiger partial charge in [-0.15, -0.1) is 0 Å². The van der Waals surface area contributed by atoms with Crippen molar-refractivity contribution in [2.45, 2.75) is 44.4 Å². The molecule has 5 rings (SSSR count). The van der Waals surface area contributed by atoms with Gasteiger partial charge in [-0.1, -0.05) is 26.8 Å². The summed E-state index contributed by atoms with van der Waals surface area (Å²) in [5, 5.41) is 60.6. The van der Waals surface area contributed by atoms with E-state index >= 15 is 0 Å². The summed E-state index contributed by atoms with van der Waals surface area (Å²) in [6, 6.07) is 5.73. The van der Waals surface area contributed by atoms with Gasteiger partial charge in [0.25, 0.3) is 5.91 Å². The number of nitrogens with one attached hydrogen (secondary N) is 1. The van der Waals surface area contributed by atoms with E-state index in [0.717, 1.165) is 12.1 Å². The van der Waals surface area contributed by atoms with Crippen molar-refractivity contribution in [3.63, 3.8) is 0 Å². The van der Waals surface area contributed by atoms with Gasteiger partial charge in [-0.25, -0.2) is 9.18 Å². The molecule has 1 saturated carbocycles. The van der Waals surface area contributed by atoms with Crippen LogP contribution in [0.25, 0.3) is 5.76 Å². The molecule has 2 amide bonds. The lowest BCUT2D eigenvalue weighted by molar-refractivity contribution is -0.211. The van der Waals surface area contributed by atoms with E-state index in [4.69, 9.17) is 10.5 Å². The van der Waals surface area contributed by atoms with E-state index in [2.05, 4.69) is 5.32 Å². The minimum absolute atomic E-state index is 0.0102. The number of amides is 2. The first-order chi connectivity index (χ1) is 20.9. The fraction of sp³-hybridized carbons (Fsp3) is 0.355. The van der Waals surface area contributed by atoms with Crippen LogP contribution < -0.4 is 15.8 Å². The van der Waals surface area contributed by atoms with Crippen molar-refractivity contribution in [1.29, 1.82) is 0 Å². The normalized spacial score (nSPS) is 30.9. The van der Waals surface area contributed by atoms with Crippen LogP contribution in [-0.4, -0.2) is 85.8 Å². The molecule has 0 aliphatic heterocycles. The van der Waals surface area contributed by atoms with Gasteiger partial charge in [0.15, 0.2) is 11.4 Å². The summed E-state index contributed by atoms with van der Waals surface area (Å²) in [5.74, 6) is -8.19. The number of aliphatic hydroxyl groups excluding tert-OH is 3. The Hall–Kier alpha value is -4.79. The van der Waals surface area contributed by atoms with Crippen LogP contribution in [0.4, 0.5) is 14.9 Å². The van der Waals surface area contributed by atoms with Gasteiger partial charge in [0, 0.05) is 5.41 Å². The van der Waals surface area contributed by atoms with Gasteiger partial charge in [-0.2, -0.15) is 0 Å². The van der Waals surface area contributed by atoms with Crippen molar-refractivity contribution in [3.8, 4) is 11.5 Å². The van der Waals surface area contributed by atoms with Crippen LogP contribution in [0.15, 0.2) is 53.3 Å². The van der Waals surface area contributed by atoms with Gasteiger partial charge in [0.2, 0.25) is 5.78 Å². The Kier molecular flexibility index (Phi) is 7.11. The number of carbonyl (C=O) groups is 4. The average Bonchev–Trinajstić information content (AvgIpc) is 2.95. The number of rotatable bonds is 4. The SMILES string of the molecule is C[C@H]1c2ccc(NC(=O)Oc3ccc(F)cc3)c(O)c2C(O)=C2C(=O)[C@]3(O)C(O)=C(C(N)=O)C(=O)[C@@H](N(C)C)[C@]3(C)[C@@H](O)[C@@]21C. The number of hydrogen-bond donors (Lipinski definition) is 7. The predicted molar refractivity (Wildman–Crippen MR) is 156 cm³/mol. The van der Waals surface area contributed by atoms with E-state index in [1.807, 2.05) is 0 Å². The molecular formula is C31H32FN3O10. The van der Waals surface area contributed by atoms with Gasteiger partial charge in [-0.3, -0.25) is 24.6 Å². The van der Waals surface area contributed by atoms with Crippen molar-refractivity contribution >= 4 is 35.0 Å². The van der Waals surface area contributed by atoms with Crippen LogP contribution in [0, 0.1) is 16.6 Å². The monoisotopic (exact) mass is 625 g/mol. The largest absolute Gasteiger partial charge is 0.508 e. The van der Waals surface area contributed by atoms with Crippen molar-refractivity contribution in [3.05, 3.63) is 70.2 Å². The molecule has 0 saturated heterocycles. The minimum atomic E-state index is -3.13. The second-order valence-electron chi connectivity index (χ2n) is 12.2. The maximum absolute atomic E-state index is 14.4. The lowest BCUT2D eigenvalue weighted by Gasteiger charge is -2.63. The number of ether oxygens (including phenoxy) is 1. The highest BCUT2D eigenvalue weighted by molar-refractivity contribution is 6.25. The molecule has 6 atom stereocenters. The number of anilines is 1. The maximum Gasteiger partial charge on any atom is 0.417 e. The first kappa shape index (κ1) is 31.6. The number of primary amides is 1. The average molecular weight is 626 g/mol. The third-order valence-electron chi connectivity index (χ3n) is 9.73. The third-order valence-corrected chi connectivity index (χ3v) is 9.73. The van der Waals surface area contributed by atoms with Gasteiger partial charge in [-0.05, 0) is 55.9 Å². The molecule has 238 valence electrons. The molecule has 0 bridgehead atoms. The summed E-state index contributed by atoms with van der Waals surface area (Å²) >= 11 is 0. The van der Waals surface area contributed by atoms with Gasteiger partial charge in [0.05, 0.1) is 34.4 Å². The molecule has 2 aromatic rings. The summed E-state index contributed by atoms with van der Waals surface area (Å²) in [7, 11) is 2.84. The zero-order valence-electron chi connectivity index (χ0n) is 24.9. The molecule has 0 heterocycles. The zero-order chi connectivity index (χ0) is 33.5. The highest BCUT2D eigenvalue weighted by Crippen LogP contribution is 2.66. The molecular weight excluding hydrogens is 593 g/mol. The molecule has 3 aliphatic rings. The number of phenols is 1. The maximum atomic E-state index is 14.4. The fourth-order valence-corrected chi connectivity index (χ4v) is 7.38. The number of nitrogens with zero attached hydrogens (tertiary/aromatic N) is 1. The number of likely N-dealkylation sites (N-methyl/N-ethyl adjacent to an activating group) is 1. The van der Waals surface area contributed by atoms with Gasteiger partial charge >= 0.3 is 6.09 Å². The van der Waals surface area contributed by atoms with Crippen LogP contribution in [0.5, 0.6) is 11.5 Å². The van der Waals surface area contributed by atoms with Crippen molar-refractivity contribution in [1.82, 2.24) is 4.90 Å². The number of carbonyl (C=O) groups excluding carboxylic acids is 4. The van der Waals surface area contributed by atoms with E-state index < -0.39 is 92.3 Å². The molecule has 45 heavy (non-hydrogen) atoms. The number of nitrogens with two attached hydrogens (primary N) is 1. The van der Waals surface area contributed by atoms with Crippen molar-refractivity contribution < 1.29 is 53.8 Å². The molecule has 13 nitrogen and oxygen atoms in total. The minimum Gasteiger partial charge on any atom is -0.508 e. The van der Waals surface area contributed by atoms with Crippen LogP contribution >= 0.6 is 0 Å². The molecule has 1 fully saturated rings. The Labute approximate surface area is 256 Å². The number of phenolic OH excluding ortho intramolecular Hbond substituents is 1. The quantitative estimate of drug-likeness (QED) is 0.192. The Morgan fingerprint density at radius 2 is 1.64 bits per heavy atom. The first-order valence-corrected chi connectivity index (χ1v) is 13.8. The number of fused-ring (bicyclic) bond motifs is 3. The lowest BCUT2D eigenvalue weighted by atomic mass is 9.42. The second-order valence-corrected chi connectivity index (χ2v) is 12.2. The van der Waals surface area contributed by atoms with E-state index in [-0.39, 0.29) is 22.6 Å². The number of Topliss-reactive ketones (excluding diaryl/α,β-unsaturated/α-hetero) is 2. The highest BCUT2D eigenvalue weighted by atomic mass is 19.1. The number of aromatic hydroxyl groups is 1. The Bertz CT molecular complexity index is 1750. The summed E-state index contributed by atoms with van der Waals surface area (Å²) in [6.07, 6.45) is -2.92. The second kappa shape index (κ2) is 10.1. The molecule has 2 aromatic carbocycles. The Balaban J connectivity index is 1.69. The lowest BCUT2D eigenvalue weighted by Crippen LogP contribution is -2.78. The fourth-order valence-electron chi connectivity index (χ4n) is 7.38. The van der Waals surface area contributed by atoms with Crippen molar-refractivity contribution in [2.75, 3.05) is 19.4 Å². The smallest absolute Gasteiger partial charge is 0.417 e. The molecule has 3 aliphatic carbocycles. The standard InChI is InChI=1S/C31H32FN3O10/c1-12-15-10-11-16(34-28(43)45-14-8-6-13(32)7-9-14)20(36)17(15)21(37)19-25(40)31(44)24(39)18(26(33)41)22(38)23(35(4)5)30(31,3)27(42)29(12,19)2/h6-12,23,27,36-37,39,42,44H,1-5H3,(H2,33,41)(H,34,43)/t12-,23+,27-,29+,30+,31+/m0/s1. The Morgan fingerprint density at radius 3 is 2.20 bits per heavy atom. The van der Waals surface area contributed by atoms with E-state index in [9.17, 15) is 49.1 Å². The summed E-state index contributed by atoms with van der Waals surface area (Å²) in [4.78, 5) is 54.1. The van der Waals surface area contributed by atoms with Crippen LogP contribution in [0.2, 0.25) is 0 Å².